The van der Waals surface area contributed by atoms with E-state index in [1.165, 1.54) is 84.5 Å². The second-order valence-corrected chi connectivity index (χ2v) is 37.2. The van der Waals surface area contributed by atoms with Crippen LogP contribution in [0.2, 0.25) is 0 Å². The molecule has 3 fully saturated rings. The van der Waals surface area contributed by atoms with Crippen LogP contribution in [0.3, 0.4) is 0 Å². The van der Waals surface area contributed by atoms with Gasteiger partial charge in [0.2, 0.25) is 88.6 Å². The zero-order chi connectivity index (χ0) is 100. The third kappa shape index (κ3) is 30.9. The first-order valence-corrected chi connectivity index (χ1v) is 48.8. The number of para-hydroxylation sites is 2. The Morgan fingerprint density at radius 1 is 0.543 bits per heavy atom. The SMILES string of the molecule is CCCC[C@H]1C(=O)N(C)[C@@H](CCCC)C(=O)N[C@@H](CCCNC(=N)N)C(=O)N[C@H](C(=O)NCC(N)=O)CSCC(=O)N[C@@H](Cc2ccc(O)cc2)C(=O)N(C)[C@@H](C)C(=O)N[C@@H](CCCCN)C(=O)N2CCC[C@H]2C(=O)N[C@@H](Cc2c[nH]cn2)C(=O)N[C@@H](CCCCN)C(=O)N2C[C@H](O)C[C@H]2C(C)C[C@@H](Cc2c[nH]c3ccccc23)C(=O)N[C@@H](CO)C(=O)N[C@@H](Cc2c[nH]c3ccccc23)C(=O)N1C. The van der Waals surface area contributed by atoms with Crippen molar-refractivity contribution >= 4 is 128 Å². The molecular weight excluding hydrogens is 1800 g/mol. The molecule has 0 saturated carbocycles. The molecule has 6 heterocycles. The van der Waals surface area contributed by atoms with Crippen molar-refractivity contribution in [3.05, 3.63) is 120 Å². The number of unbranched alkanes of at least 4 members (excludes halogenated alkanes) is 4. The van der Waals surface area contributed by atoms with Gasteiger partial charge in [-0.05, 0) is 163 Å². The summed E-state index contributed by atoms with van der Waals surface area (Å²) in [7, 11) is 4.08. The highest BCUT2D eigenvalue weighted by Gasteiger charge is 2.46. The molecule has 16 atom stereocenters. The second-order valence-electron chi connectivity index (χ2n) is 36.1. The van der Waals surface area contributed by atoms with Crippen molar-refractivity contribution in [1.82, 2.24) is 97.6 Å². The number of hydrogen-bond acceptors (Lipinski definition) is 23. The predicted octanol–water partition coefficient (Wildman–Crippen LogP) is -0.435. The second kappa shape index (κ2) is 53.8. The van der Waals surface area contributed by atoms with Crippen LogP contribution >= 0.6 is 11.8 Å². The van der Waals surface area contributed by atoms with E-state index in [-0.39, 0.29) is 122 Å². The van der Waals surface area contributed by atoms with Gasteiger partial charge in [-0.3, -0.25) is 77.3 Å². The number of nitrogens with two attached hydrogens (primary N) is 4. The molecule has 0 radical (unpaired) electrons. The molecule has 15 amide bonds. The summed E-state index contributed by atoms with van der Waals surface area (Å²) in [6.45, 7) is 5.53. The molecule has 43 heteroatoms. The number of carbonyl (C=O) groups is 15. The summed E-state index contributed by atoms with van der Waals surface area (Å²) in [4.78, 5) is 244. The average Bonchev–Trinajstić information content (AvgIpc) is 1.03. The summed E-state index contributed by atoms with van der Waals surface area (Å²) in [5.41, 5.74) is 26.6. The number of nitrogens with one attached hydrogen (secondary N) is 14. The van der Waals surface area contributed by atoms with Crippen LogP contribution in [0.4, 0.5) is 0 Å². The van der Waals surface area contributed by atoms with Crippen molar-refractivity contribution in [1.29, 1.82) is 5.41 Å². The van der Waals surface area contributed by atoms with E-state index in [1.807, 2.05) is 57.2 Å². The van der Waals surface area contributed by atoms with Gasteiger partial charge < -0.3 is 131 Å². The summed E-state index contributed by atoms with van der Waals surface area (Å²) < 4.78 is 0. The molecule has 3 aromatic carbocycles. The van der Waals surface area contributed by atoms with Crippen LogP contribution in [0.25, 0.3) is 21.8 Å². The van der Waals surface area contributed by atoms with E-state index >= 15 is 52.7 Å². The number of aromatic amines is 3. The zero-order valence-electron chi connectivity index (χ0n) is 79.8. The number of guanidine groups is 1. The van der Waals surface area contributed by atoms with Gasteiger partial charge in [-0.15, -0.1) is 11.8 Å². The number of phenolic OH excluding ortho intramolecular Hbond substituents is 1. The number of aliphatic hydroxyl groups excluding tert-OH is 2. The van der Waals surface area contributed by atoms with E-state index in [2.05, 4.69) is 73.1 Å². The summed E-state index contributed by atoms with van der Waals surface area (Å²) in [5.74, 6) is -15.3. The van der Waals surface area contributed by atoms with E-state index in [9.17, 15) is 34.5 Å². The number of carbonyl (C=O) groups excluding carboxylic acids is 15. The van der Waals surface area contributed by atoms with Gasteiger partial charge in [0.25, 0.3) is 0 Å². The molecular formula is C95H140N24O18S. The number of aliphatic hydroxyl groups is 2. The lowest BCUT2D eigenvalue weighted by Crippen LogP contribution is -2.61. The standard InChI is InChI=1S/C95H140N24O18S/c1-8-10-29-76-88(131)108-68(28-20-38-102-95(99)100)85(128)114-75(84(127)105-49-80(98)123)52-138-53-81(124)107-72(41-57-32-34-62(121)35-33-57)90(133)115(5)56(4)82(125)109-69(26-16-18-36-96)92(135)118-39-21-31-77(118)89(132)111-71(44-61-48-101-54-106-61)86(129)110-70(27-17-19-37-97)93(136)119-50-63(122)45-79(119)55(3)40-58(42-59-46-103-66-24-14-12-22-64(59)66)83(126)113-74(51-120)87(130)112-73(43-60-47-104-67-25-15-13-23-65(60)67)91(134)117(7)78(30-11-9-2)94(137)116(76)6/h12-15,22-25,32-35,46-48,54-56,58,63,68-79,103-104,120-122H,8-11,16-21,26-31,36-45,49-53,96-97H2,1-7H3,(H2,98,123)(H,101,106)(H,105,127)(H,107,124)(H,108,131)(H,109,125)(H,110,129)(H,111,132)(H,112,130)(H,113,126)(H,114,128)(H4,99,100,102)/t55?,56-,58-,63+,68-,69-,70-,71-,72-,73-,74-,75-,76-,77-,78-,79-/m0/s1. The normalized spacial score (nSPS) is 25.1. The van der Waals surface area contributed by atoms with Crippen molar-refractivity contribution in [2.45, 2.75) is 254 Å². The molecule has 0 spiro atoms. The van der Waals surface area contributed by atoms with Crippen LogP contribution in [-0.4, -0.2) is 317 Å². The Kier molecular flexibility index (Phi) is 42.5. The van der Waals surface area contributed by atoms with E-state index < -0.39 is 216 Å². The molecule has 754 valence electrons. The number of thioether (sulfide) groups is 1. The molecule has 25 N–H and O–H groups in total. The van der Waals surface area contributed by atoms with Crippen molar-refractivity contribution in [2.24, 2.45) is 34.8 Å². The van der Waals surface area contributed by atoms with E-state index in [0.29, 0.717) is 91.1 Å². The van der Waals surface area contributed by atoms with Crippen LogP contribution in [0.5, 0.6) is 5.75 Å². The first-order chi connectivity index (χ1) is 66.1. The van der Waals surface area contributed by atoms with E-state index in [1.54, 1.807) is 24.5 Å². The Morgan fingerprint density at radius 3 is 1.70 bits per heavy atom. The number of imidazole rings is 1. The number of likely N-dealkylation sites (N-methyl/N-ethyl adjacent to an activating group) is 3. The lowest BCUT2D eigenvalue weighted by Gasteiger charge is -2.36. The molecule has 3 saturated heterocycles. The number of aromatic nitrogens is 4. The van der Waals surface area contributed by atoms with Crippen LogP contribution < -0.4 is 76.1 Å². The quantitative estimate of drug-likeness (QED) is 0.0154. The Morgan fingerprint density at radius 2 is 1.09 bits per heavy atom. The Labute approximate surface area is 807 Å². The van der Waals surface area contributed by atoms with Crippen LogP contribution in [0.1, 0.15) is 166 Å². The molecule has 0 aliphatic carbocycles. The monoisotopic (exact) mass is 1940 g/mol. The highest BCUT2D eigenvalue weighted by molar-refractivity contribution is 8.00. The van der Waals surface area contributed by atoms with Crippen molar-refractivity contribution in [3.63, 3.8) is 0 Å². The van der Waals surface area contributed by atoms with Gasteiger partial charge in [0.15, 0.2) is 5.96 Å². The highest BCUT2D eigenvalue weighted by Crippen LogP contribution is 2.34. The van der Waals surface area contributed by atoms with Gasteiger partial charge in [0.1, 0.15) is 78.3 Å². The minimum atomic E-state index is -1.74. The number of primary amides is 1. The Balaban J connectivity index is 1.11. The molecule has 9 rings (SSSR count). The number of phenols is 1. The fraction of sp³-hybridized carbons (Fsp3) is 0.568. The number of fused-ring (bicyclic) bond motifs is 4. The minimum Gasteiger partial charge on any atom is -0.508 e. The lowest BCUT2D eigenvalue weighted by molar-refractivity contribution is -0.149. The first kappa shape index (κ1) is 109. The summed E-state index contributed by atoms with van der Waals surface area (Å²) in [6.07, 6.45) is 8.24. The topological polar surface area (TPSA) is 641 Å². The van der Waals surface area contributed by atoms with Crippen molar-refractivity contribution in [3.8, 4) is 5.75 Å². The maximum absolute atomic E-state index is 15.8. The van der Waals surface area contributed by atoms with Gasteiger partial charge >= 0.3 is 0 Å². The third-order valence-electron chi connectivity index (χ3n) is 25.9. The summed E-state index contributed by atoms with van der Waals surface area (Å²) in [5, 5.41) is 70.1. The molecule has 6 aromatic rings. The van der Waals surface area contributed by atoms with Crippen molar-refractivity contribution < 1.29 is 87.2 Å². The largest absolute Gasteiger partial charge is 0.508 e. The average molecular weight is 1940 g/mol. The maximum Gasteiger partial charge on any atom is 0.245 e. The highest BCUT2D eigenvalue weighted by atomic mass is 32.2. The van der Waals surface area contributed by atoms with Crippen LogP contribution in [0, 0.1) is 17.2 Å². The fourth-order valence-electron chi connectivity index (χ4n) is 18.0. The van der Waals surface area contributed by atoms with Crippen molar-refractivity contribution in [2.75, 3.05) is 78.5 Å². The first-order valence-electron chi connectivity index (χ1n) is 47.7. The van der Waals surface area contributed by atoms with E-state index in [0.717, 1.165) is 27.6 Å². The molecule has 138 heavy (non-hydrogen) atoms. The maximum atomic E-state index is 15.8. The number of nitrogens with zero attached hydrogens (tertiary/aromatic N) is 6. The number of benzene rings is 3. The van der Waals surface area contributed by atoms with Gasteiger partial charge in [0.05, 0.1) is 37.0 Å². The number of amides is 15. The van der Waals surface area contributed by atoms with E-state index in [4.69, 9.17) is 28.3 Å². The molecule has 3 aliphatic heterocycles. The van der Waals surface area contributed by atoms with Gasteiger partial charge in [0, 0.05) is 118 Å². The summed E-state index contributed by atoms with van der Waals surface area (Å²) >= 11 is 0.802. The number of aromatic hydroxyl groups is 1. The molecule has 3 aliphatic rings. The number of H-pyrrole nitrogens is 3. The van der Waals surface area contributed by atoms with Gasteiger partial charge in [-0.25, -0.2) is 4.98 Å². The van der Waals surface area contributed by atoms with Crippen LogP contribution in [-0.2, 0) is 97.6 Å². The zero-order valence-corrected chi connectivity index (χ0v) is 80.6. The third-order valence-corrected chi connectivity index (χ3v) is 27.0. The molecule has 3 aromatic heterocycles. The Hall–Kier alpha value is -12.7. The molecule has 0 bridgehead atoms. The predicted molar refractivity (Wildman–Crippen MR) is 518 cm³/mol. The Bertz CT molecular complexity index is 5140. The smallest absolute Gasteiger partial charge is 0.245 e. The van der Waals surface area contributed by atoms with Crippen LogP contribution in [0.15, 0.2) is 97.7 Å². The lowest BCUT2D eigenvalue weighted by atomic mass is 9.84. The fourth-order valence-corrected chi connectivity index (χ4v) is 18.9. The number of hydrogen-bond donors (Lipinski definition) is 21. The summed E-state index contributed by atoms with van der Waals surface area (Å²) in [6, 6.07) is 2.38. The minimum absolute atomic E-state index is 0.00869. The molecule has 1 unspecified atom stereocenters. The van der Waals surface area contributed by atoms with Gasteiger partial charge in [-0.2, -0.15) is 0 Å². The molecule has 42 nitrogen and oxygen atoms in total. The number of rotatable bonds is 30. The van der Waals surface area contributed by atoms with Gasteiger partial charge in [-0.1, -0.05) is 95.0 Å².